The lowest BCUT2D eigenvalue weighted by atomic mass is 10.2. The molecular formula is C11H16N4. The highest BCUT2D eigenvalue weighted by atomic mass is 15.1. The second-order valence-electron chi connectivity index (χ2n) is 3.73. The maximum Gasteiger partial charge on any atom is 0.179 e. The Bertz CT molecular complexity index is 354. The van der Waals surface area contributed by atoms with Crippen LogP contribution in [-0.4, -0.2) is 22.5 Å². The fourth-order valence-electron chi connectivity index (χ4n) is 1.32. The molecule has 0 unspecified atom stereocenters. The summed E-state index contributed by atoms with van der Waals surface area (Å²) in [6, 6.07) is 4.01. The van der Waals surface area contributed by atoms with E-state index in [9.17, 15) is 0 Å². The van der Waals surface area contributed by atoms with Crippen LogP contribution in [0.15, 0.2) is 18.3 Å². The molecule has 0 atom stereocenters. The third-order valence-corrected chi connectivity index (χ3v) is 2.24. The SMILES string of the molecule is CC(C)N(C#N)CCc1ccnc(N)c1. The number of pyridine rings is 1. The van der Waals surface area contributed by atoms with Crippen molar-refractivity contribution < 1.29 is 0 Å². The van der Waals surface area contributed by atoms with Gasteiger partial charge in [-0.15, -0.1) is 0 Å². The molecule has 0 bridgehead atoms. The molecule has 0 amide bonds. The van der Waals surface area contributed by atoms with E-state index in [2.05, 4.69) is 11.2 Å². The van der Waals surface area contributed by atoms with Gasteiger partial charge in [-0.05, 0) is 38.0 Å². The molecule has 4 nitrogen and oxygen atoms in total. The van der Waals surface area contributed by atoms with E-state index in [0.29, 0.717) is 5.82 Å². The number of nitrogen functional groups attached to an aromatic ring is 1. The minimum Gasteiger partial charge on any atom is -0.384 e. The van der Waals surface area contributed by atoms with Crippen molar-refractivity contribution in [2.75, 3.05) is 12.3 Å². The number of hydrogen-bond donors (Lipinski definition) is 1. The number of nitriles is 1. The first-order valence-electron chi connectivity index (χ1n) is 5.00. The van der Waals surface area contributed by atoms with E-state index in [-0.39, 0.29) is 6.04 Å². The van der Waals surface area contributed by atoms with Gasteiger partial charge in [0.15, 0.2) is 6.19 Å². The maximum absolute atomic E-state index is 8.87. The van der Waals surface area contributed by atoms with E-state index < -0.39 is 0 Å². The van der Waals surface area contributed by atoms with Crippen molar-refractivity contribution in [2.24, 2.45) is 0 Å². The first-order chi connectivity index (χ1) is 7.13. The third kappa shape index (κ3) is 3.47. The highest BCUT2D eigenvalue weighted by Gasteiger charge is 2.06. The number of aromatic nitrogens is 1. The molecule has 0 saturated carbocycles. The molecule has 1 heterocycles. The van der Waals surface area contributed by atoms with E-state index in [1.807, 2.05) is 26.0 Å². The van der Waals surface area contributed by atoms with Crippen LogP contribution in [-0.2, 0) is 6.42 Å². The van der Waals surface area contributed by atoms with E-state index in [1.165, 1.54) is 0 Å². The van der Waals surface area contributed by atoms with Crippen molar-refractivity contribution in [3.8, 4) is 6.19 Å². The molecule has 0 spiro atoms. The molecule has 1 aromatic rings. The molecular weight excluding hydrogens is 188 g/mol. The van der Waals surface area contributed by atoms with Crippen LogP contribution >= 0.6 is 0 Å². The van der Waals surface area contributed by atoms with Crippen LogP contribution in [0.2, 0.25) is 0 Å². The number of nitrogens with zero attached hydrogens (tertiary/aromatic N) is 3. The maximum atomic E-state index is 8.87. The highest BCUT2D eigenvalue weighted by molar-refractivity contribution is 5.31. The van der Waals surface area contributed by atoms with Crippen molar-refractivity contribution in [3.05, 3.63) is 23.9 Å². The summed E-state index contributed by atoms with van der Waals surface area (Å²) in [5.41, 5.74) is 6.68. The summed E-state index contributed by atoms with van der Waals surface area (Å²) >= 11 is 0. The lowest BCUT2D eigenvalue weighted by Crippen LogP contribution is -2.27. The summed E-state index contributed by atoms with van der Waals surface area (Å²) in [5, 5.41) is 8.87. The van der Waals surface area contributed by atoms with Crippen molar-refractivity contribution in [1.82, 2.24) is 9.88 Å². The quantitative estimate of drug-likeness (QED) is 0.594. The molecule has 4 heteroatoms. The second-order valence-corrected chi connectivity index (χ2v) is 3.73. The van der Waals surface area contributed by atoms with Crippen molar-refractivity contribution >= 4 is 5.82 Å². The van der Waals surface area contributed by atoms with Crippen molar-refractivity contribution in [1.29, 1.82) is 5.26 Å². The Morgan fingerprint density at radius 1 is 1.60 bits per heavy atom. The molecule has 2 N–H and O–H groups in total. The molecule has 15 heavy (non-hydrogen) atoms. The van der Waals surface area contributed by atoms with Gasteiger partial charge < -0.3 is 10.6 Å². The fraction of sp³-hybridized carbons (Fsp3) is 0.455. The molecule has 0 saturated heterocycles. The highest BCUT2D eigenvalue weighted by Crippen LogP contribution is 2.06. The van der Waals surface area contributed by atoms with Gasteiger partial charge in [0, 0.05) is 18.8 Å². The average molecular weight is 204 g/mol. The predicted octanol–water partition coefficient (Wildman–Crippen LogP) is 1.40. The zero-order chi connectivity index (χ0) is 11.3. The molecule has 0 aliphatic heterocycles. The van der Waals surface area contributed by atoms with E-state index in [0.717, 1.165) is 18.5 Å². The van der Waals surface area contributed by atoms with Crippen molar-refractivity contribution in [2.45, 2.75) is 26.3 Å². The summed E-state index contributed by atoms with van der Waals surface area (Å²) in [6.45, 7) is 4.73. The Morgan fingerprint density at radius 2 is 2.33 bits per heavy atom. The zero-order valence-corrected chi connectivity index (χ0v) is 9.14. The third-order valence-electron chi connectivity index (χ3n) is 2.24. The lowest BCUT2D eigenvalue weighted by molar-refractivity contribution is 0.329. The molecule has 0 fully saturated rings. The first-order valence-corrected chi connectivity index (χ1v) is 5.00. The van der Waals surface area contributed by atoms with E-state index >= 15 is 0 Å². The first kappa shape index (κ1) is 11.3. The van der Waals surface area contributed by atoms with Crippen LogP contribution < -0.4 is 5.73 Å². The summed E-state index contributed by atoms with van der Waals surface area (Å²) in [7, 11) is 0. The van der Waals surface area contributed by atoms with Crippen LogP contribution in [0, 0.1) is 11.5 Å². The number of rotatable bonds is 4. The van der Waals surface area contributed by atoms with Gasteiger partial charge in [-0.25, -0.2) is 4.98 Å². The Labute approximate surface area is 90.3 Å². The van der Waals surface area contributed by atoms with Gasteiger partial charge in [-0.3, -0.25) is 0 Å². The Morgan fingerprint density at radius 3 is 2.87 bits per heavy atom. The summed E-state index contributed by atoms with van der Waals surface area (Å²) in [5.74, 6) is 0.528. The molecule has 0 radical (unpaired) electrons. The van der Waals surface area contributed by atoms with Crippen LogP contribution in [0.5, 0.6) is 0 Å². The average Bonchev–Trinajstić information content (AvgIpc) is 2.18. The molecule has 0 aromatic carbocycles. The Kier molecular flexibility index (Phi) is 3.92. The number of anilines is 1. The van der Waals surface area contributed by atoms with Gasteiger partial charge in [0.05, 0.1) is 0 Å². The normalized spacial score (nSPS) is 10.0. The van der Waals surface area contributed by atoms with Crippen LogP contribution in [0.4, 0.5) is 5.82 Å². The Hall–Kier alpha value is -1.76. The van der Waals surface area contributed by atoms with Crippen LogP contribution in [0.1, 0.15) is 19.4 Å². The predicted molar refractivity (Wildman–Crippen MR) is 59.8 cm³/mol. The zero-order valence-electron chi connectivity index (χ0n) is 9.14. The van der Waals surface area contributed by atoms with E-state index in [1.54, 1.807) is 11.1 Å². The van der Waals surface area contributed by atoms with Gasteiger partial charge in [-0.2, -0.15) is 5.26 Å². The monoisotopic (exact) mass is 204 g/mol. The topological polar surface area (TPSA) is 65.9 Å². The van der Waals surface area contributed by atoms with Crippen LogP contribution in [0.25, 0.3) is 0 Å². The number of nitrogens with two attached hydrogens (primary N) is 1. The summed E-state index contributed by atoms with van der Waals surface area (Å²) < 4.78 is 0. The van der Waals surface area contributed by atoms with Gasteiger partial charge in [0.2, 0.25) is 0 Å². The van der Waals surface area contributed by atoms with Gasteiger partial charge in [-0.1, -0.05) is 0 Å². The van der Waals surface area contributed by atoms with Gasteiger partial charge in [0.1, 0.15) is 5.82 Å². The number of hydrogen-bond acceptors (Lipinski definition) is 4. The molecule has 1 rings (SSSR count). The fourth-order valence-corrected chi connectivity index (χ4v) is 1.32. The molecule has 1 aromatic heterocycles. The van der Waals surface area contributed by atoms with E-state index in [4.69, 9.17) is 11.0 Å². The van der Waals surface area contributed by atoms with Crippen LogP contribution in [0.3, 0.4) is 0 Å². The van der Waals surface area contributed by atoms with Crippen molar-refractivity contribution in [3.63, 3.8) is 0 Å². The minimum atomic E-state index is 0.245. The smallest absolute Gasteiger partial charge is 0.179 e. The summed E-state index contributed by atoms with van der Waals surface area (Å²) in [6.07, 6.45) is 4.68. The lowest BCUT2D eigenvalue weighted by Gasteiger charge is -2.19. The molecule has 0 aliphatic rings. The summed E-state index contributed by atoms with van der Waals surface area (Å²) in [4.78, 5) is 5.67. The van der Waals surface area contributed by atoms with Gasteiger partial charge >= 0.3 is 0 Å². The Balaban J connectivity index is 2.53. The second kappa shape index (κ2) is 5.20. The standard InChI is InChI=1S/C11H16N4/c1-9(2)15(8-12)6-4-10-3-5-14-11(13)7-10/h3,5,7,9H,4,6H2,1-2H3,(H2,13,14). The van der Waals surface area contributed by atoms with Gasteiger partial charge in [0.25, 0.3) is 0 Å². The molecule has 80 valence electrons. The minimum absolute atomic E-state index is 0.245. The molecule has 0 aliphatic carbocycles. The largest absolute Gasteiger partial charge is 0.384 e.